The van der Waals surface area contributed by atoms with Gasteiger partial charge in [-0.15, -0.1) is 0 Å². The molecule has 0 bridgehead atoms. The van der Waals surface area contributed by atoms with Crippen molar-refractivity contribution in [1.29, 1.82) is 0 Å². The van der Waals surface area contributed by atoms with Gasteiger partial charge in [0.05, 0.1) is 18.6 Å². The van der Waals surface area contributed by atoms with E-state index in [1.807, 2.05) is 0 Å². The standard InChI is InChI=1S/C16H24N2O4S/c1-3-13-6-4-5-11-18(13)16(19)12-17-23(20,21)15-9-7-14(22-2)8-10-15/h7-10,13,17H,3-6,11-12H2,1-2H3. The van der Waals surface area contributed by atoms with Crippen molar-refractivity contribution in [3.63, 3.8) is 0 Å². The van der Waals surface area contributed by atoms with Crippen molar-refractivity contribution in [3.05, 3.63) is 24.3 Å². The first-order chi connectivity index (χ1) is 11.0. The summed E-state index contributed by atoms with van der Waals surface area (Å²) in [5.41, 5.74) is 0. The largest absolute Gasteiger partial charge is 0.497 e. The van der Waals surface area contributed by atoms with E-state index in [9.17, 15) is 13.2 Å². The Hall–Kier alpha value is -1.60. The molecule has 6 nitrogen and oxygen atoms in total. The zero-order chi connectivity index (χ0) is 16.9. The summed E-state index contributed by atoms with van der Waals surface area (Å²) in [6.07, 6.45) is 4.00. The fraction of sp³-hybridized carbons (Fsp3) is 0.562. The molecular weight excluding hydrogens is 316 g/mol. The van der Waals surface area contributed by atoms with Crippen LogP contribution >= 0.6 is 0 Å². The maximum absolute atomic E-state index is 12.3. The quantitative estimate of drug-likeness (QED) is 0.856. The number of hydrogen-bond donors (Lipinski definition) is 1. The molecule has 7 heteroatoms. The van der Waals surface area contributed by atoms with E-state index in [0.717, 1.165) is 25.7 Å². The molecule has 128 valence electrons. The van der Waals surface area contributed by atoms with E-state index in [4.69, 9.17) is 4.74 Å². The number of benzene rings is 1. The van der Waals surface area contributed by atoms with Crippen molar-refractivity contribution in [2.24, 2.45) is 0 Å². The Bertz CT molecular complexity index is 628. The van der Waals surface area contributed by atoms with E-state index in [1.165, 1.54) is 19.2 Å². The molecule has 1 unspecified atom stereocenters. The zero-order valence-electron chi connectivity index (χ0n) is 13.6. The van der Waals surface area contributed by atoms with Crippen LogP contribution in [0, 0.1) is 0 Å². The van der Waals surface area contributed by atoms with Crippen LogP contribution in [0.3, 0.4) is 0 Å². The summed E-state index contributed by atoms with van der Waals surface area (Å²) in [5, 5.41) is 0. The van der Waals surface area contributed by atoms with Crippen LogP contribution in [0.5, 0.6) is 5.75 Å². The molecule has 1 N–H and O–H groups in total. The third-order valence-electron chi connectivity index (χ3n) is 4.20. The fourth-order valence-corrected chi connectivity index (χ4v) is 3.82. The van der Waals surface area contributed by atoms with Gasteiger partial charge in [0, 0.05) is 12.6 Å². The van der Waals surface area contributed by atoms with Gasteiger partial charge in [0.25, 0.3) is 0 Å². The van der Waals surface area contributed by atoms with Crippen LogP contribution in [-0.2, 0) is 14.8 Å². The van der Waals surface area contributed by atoms with Gasteiger partial charge in [0.2, 0.25) is 15.9 Å². The lowest BCUT2D eigenvalue weighted by molar-refractivity contribution is -0.133. The van der Waals surface area contributed by atoms with Gasteiger partial charge in [0.1, 0.15) is 5.75 Å². The molecule has 2 rings (SSSR count). The normalized spacial score (nSPS) is 18.7. The van der Waals surface area contributed by atoms with Gasteiger partial charge in [0.15, 0.2) is 0 Å². The molecule has 1 atom stereocenters. The first-order valence-corrected chi connectivity index (χ1v) is 9.39. The molecule has 1 heterocycles. The number of rotatable bonds is 6. The van der Waals surface area contributed by atoms with Gasteiger partial charge in [-0.2, -0.15) is 0 Å². The second-order valence-corrected chi connectivity index (χ2v) is 7.41. The molecule has 1 fully saturated rings. The van der Waals surface area contributed by atoms with E-state index < -0.39 is 10.0 Å². The van der Waals surface area contributed by atoms with Crippen molar-refractivity contribution < 1.29 is 17.9 Å². The lowest BCUT2D eigenvalue weighted by Gasteiger charge is -2.35. The van der Waals surface area contributed by atoms with Crippen molar-refractivity contribution >= 4 is 15.9 Å². The Morgan fingerprint density at radius 3 is 2.61 bits per heavy atom. The number of carbonyl (C=O) groups is 1. The van der Waals surface area contributed by atoms with Gasteiger partial charge in [-0.25, -0.2) is 13.1 Å². The minimum Gasteiger partial charge on any atom is -0.497 e. The second-order valence-electron chi connectivity index (χ2n) is 5.65. The van der Waals surface area contributed by atoms with E-state index in [-0.39, 0.29) is 23.4 Å². The van der Waals surface area contributed by atoms with E-state index in [1.54, 1.807) is 17.0 Å². The van der Waals surface area contributed by atoms with Gasteiger partial charge < -0.3 is 9.64 Å². The van der Waals surface area contributed by atoms with Crippen LogP contribution in [0.4, 0.5) is 0 Å². The van der Waals surface area contributed by atoms with Gasteiger partial charge in [-0.3, -0.25) is 4.79 Å². The van der Waals surface area contributed by atoms with Crippen molar-refractivity contribution in [2.45, 2.75) is 43.5 Å². The number of ether oxygens (including phenoxy) is 1. The maximum atomic E-state index is 12.3. The van der Waals surface area contributed by atoms with Crippen molar-refractivity contribution in [2.75, 3.05) is 20.2 Å². The summed E-state index contributed by atoms with van der Waals surface area (Å²) in [6, 6.07) is 6.30. The molecule has 23 heavy (non-hydrogen) atoms. The van der Waals surface area contributed by atoms with Crippen LogP contribution in [0.1, 0.15) is 32.6 Å². The van der Waals surface area contributed by atoms with E-state index in [2.05, 4.69) is 11.6 Å². The van der Waals surface area contributed by atoms with Gasteiger partial charge >= 0.3 is 0 Å². The highest BCUT2D eigenvalue weighted by Gasteiger charge is 2.26. The van der Waals surface area contributed by atoms with Crippen molar-refractivity contribution in [3.8, 4) is 5.75 Å². The molecule has 1 amide bonds. The molecule has 0 saturated carbocycles. The average Bonchev–Trinajstić information content (AvgIpc) is 2.59. The third kappa shape index (κ3) is 4.45. The molecule has 0 aromatic heterocycles. The molecule has 1 aliphatic rings. The van der Waals surface area contributed by atoms with Crippen LogP contribution < -0.4 is 9.46 Å². The Morgan fingerprint density at radius 2 is 2.00 bits per heavy atom. The SMILES string of the molecule is CCC1CCCCN1C(=O)CNS(=O)(=O)c1ccc(OC)cc1. The Labute approximate surface area is 137 Å². The monoisotopic (exact) mass is 340 g/mol. The number of nitrogens with one attached hydrogen (secondary N) is 1. The average molecular weight is 340 g/mol. The first-order valence-electron chi connectivity index (χ1n) is 7.91. The van der Waals surface area contributed by atoms with E-state index >= 15 is 0 Å². The zero-order valence-corrected chi connectivity index (χ0v) is 14.4. The lowest BCUT2D eigenvalue weighted by atomic mass is 10.00. The molecule has 1 aromatic carbocycles. The topological polar surface area (TPSA) is 75.7 Å². The molecule has 1 aliphatic heterocycles. The number of nitrogens with zero attached hydrogens (tertiary/aromatic N) is 1. The number of piperidine rings is 1. The summed E-state index contributed by atoms with van der Waals surface area (Å²) in [7, 11) is -2.18. The smallest absolute Gasteiger partial charge is 0.241 e. The number of methoxy groups -OCH3 is 1. The minimum atomic E-state index is -3.70. The second kappa shape index (κ2) is 7.79. The minimum absolute atomic E-state index is 0.122. The Kier molecular flexibility index (Phi) is 6.01. The summed E-state index contributed by atoms with van der Waals surface area (Å²) in [6.45, 7) is 2.56. The Balaban J connectivity index is 1.98. The highest BCUT2D eigenvalue weighted by atomic mass is 32.2. The predicted molar refractivity (Wildman–Crippen MR) is 87.8 cm³/mol. The summed E-state index contributed by atoms with van der Waals surface area (Å²) in [5.74, 6) is 0.424. The molecule has 1 aromatic rings. The number of carbonyl (C=O) groups excluding carboxylic acids is 1. The highest BCUT2D eigenvalue weighted by molar-refractivity contribution is 7.89. The fourth-order valence-electron chi connectivity index (χ4n) is 2.85. The summed E-state index contributed by atoms with van der Waals surface area (Å²) >= 11 is 0. The molecule has 0 aliphatic carbocycles. The van der Waals surface area contributed by atoms with Crippen LogP contribution in [0.2, 0.25) is 0 Å². The summed E-state index contributed by atoms with van der Waals surface area (Å²) in [4.78, 5) is 14.3. The molecule has 1 saturated heterocycles. The third-order valence-corrected chi connectivity index (χ3v) is 5.62. The van der Waals surface area contributed by atoms with Gasteiger partial charge in [-0.05, 0) is 49.9 Å². The summed E-state index contributed by atoms with van der Waals surface area (Å²) < 4.78 is 31.9. The highest BCUT2D eigenvalue weighted by Crippen LogP contribution is 2.19. The molecular formula is C16H24N2O4S. The Morgan fingerprint density at radius 1 is 1.30 bits per heavy atom. The van der Waals surface area contributed by atoms with Crippen LogP contribution in [-0.4, -0.2) is 45.5 Å². The van der Waals surface area contributed by atoms with Crippen LogP contribution in [0.15, 0.2) is 29.2 Å². The molecule has 0 radical (unpaired) electrons. The number of sulfonamides is 1. The number of likely N-dealkylation sites (tertiary alicyclic amines) is 1. The van der Waals surface area contributed by atoms with Gasteiger partial charge in [-0.1, -0.05) is 6.92 Å². The predicted octanol–water partition coefficient (Wildman–Crippen LogP) is 1.76. The number of amides is 1. The lowest BCUT2D eigenvalue weighted by Crippen LogP contribution is -2.47. The first kappa shape index (κ1) is 17.7. The van der Waals surface area contributed by atoms with Crippen LogP contribution in [0.25, 0.3) is 0 Å². The number of hydrogen-bond acceptors (Lipinski definition) is 4. The molecule has 0 spiro atoms. The van der Waals surface area contributed by atoms with E-state index in [0.29, 0.717) is 12.3 Å². The maximum Gasteiger partial charge on any atom is 0.241 e. The van der Waals surface area contributed by atoms with Crippen molar-refractivity contribution in [1.82, 2.24) is 9.62 Å².